The predicted molar refractivity (Wildman–Crippen MR) is 115 cm³/mol. The summed E-state index contributed by atoms with van der Waals surface area (Å²) in [5.74, 6) is 0. The molecule has 0 fully saturated rings. The van der Waals surface area contributed by atoms with E-state index in [2.05, 4.69) is 70.9 Å². The van der Waals surface area contributed by atoms with Crippen molar-refractivity contribution in [3.8, 4) is 11.3 Å². The maximum absolute atomic E-state index is 4.18. The molecule has 4 aromatic rings. The van der Waals surface area contributed by atoms with Gasteiger partial charge in [0.05, 0.1) is 11.4 Å². The number of aromatic amines is 1. The molecule has 136 valence electrons. The van der Waals surface area contributed by atoms with Crippen LogP contribution in [0, 0.1) is 5.41 Å². The summed E-state index contributed by atoms with van der Waals surface area (Å²) in [6.07, 6.45) is 7.13. The maximum Gasteiger partial charge on any atom is 0.0699 e. The fourth-order valence-corrected chi connectivity index (χ4v) is 4.93. The van der Waals surface area contributed by atoms with Crippen LogP contribution >= 0.6 is 11.3 Å². The molecule has 0 amide bonds. The number of nitrogens with zero attached hydrogens (tertiary/aromatic N) is 1. The smallest absolute Gasteiger partial charge is 0.0699 e. The summed E-state index contributed by atoms with van der Waals surface area (Å²) in [5, 5.41) is 7.20. The second kappa shape index (κ2) is 6.24. The van der Waals surface area contributed by atoms with Crippen molar-refractivity contribution in [3.63, 3.8) is 0 Å². The van der Waals surface area contributed by atoms with Crippen molar-refractivity contribution in [2.24, 2.45) is 5.41 Å². The Morgan fingerprint density at radius 3 is 2.81 bits per heavy atom. The topological polar surface area (TPSA) is 40.7 Å². The number of anilines is 2. The fourth-order valence-electron chi connectivity index (χ4n) is 4.10. The molecule has 0 saturated heterocycles. The third kappa shape index (κ3) is 3.04. The van der Waals surface area contributed by atoms with Gasteiger partial charge in [-0.3, -0.25) is 4.98 Å². The molecule has 1 aliphatic rings. The first-order valence-corrected chi connectivity index (χ1v) is 10.4. The van der Waals surface area contributed by atoms with E-state index >= 15 is 0 Å². The lowest BCUT2D eigenvalue weighted by molar-refractivity contribution is 0.313. The molecule has 4 heteroatoms. The van der Waals surface area contributed by atoms with Crippen molar-refractivity contribution in [1.29, 1.82) is 0 Å². The summed E-state index contributed by atoms with van der Waals surface area (Å²) in [5.41, 5.74) is 7.88. The van der Waals surface area contributed by atoms with Gasteiger partial charge in [0.1, 0.15) is 0 Å². The fraction of sp³-hybridized carbons (Fsp3) is 0.261. The zero-order valence-electron chi connectivity index (χ0n) is 15.7. The lowest BCUT2D eigenvalue weighted by atomic mass is 9.76. The zero-order chi connectivity index (χ0) is 18.4. The Balaban J connectivity index is 1.62. The second-order valence-corrected chi connectivity index (χ2v) is 9.15. The molecule has 1 aliphatic carbocycles. The van der Waals surface area contributed by atoms with Crippen LogP contribution in [0.5, 0.6) is 0 Å². The second-order valence-electron chi connectivity index (χ2n) is 8.21. The molecule has 0 unspecified atom stereocenters. The van der Waals surface area contributed by atoms with Crippen LogP contribution in [0.4, 0.5) is 11.4 Å². The van der Waals surface area contributed by atoms with Crippen LogP contribution in [-0.2, 0) is 12.8 Å². The maximum atomic E-state index is 4.18. The molecule has 0 spiro atoms. The molecule has 0 bridgehead atoms. The monoisotopic (exact) mass is 373 g/mol. The standard InChI is InChI=1S/C23H23N3S/c1-23(2)9-5-18-19(14-23)26-21(16-6-10-24-11-7-16)22(18)25-17-4-3-15-8-12-27-20(15)13-17/h3-4,6-8,10-13,25-26H,5,9,14H2,1-2H3. The number of hydrogen-bond acceptors (Lipinski definition) is 3. The van der Waals surface area contributed by atoms with Crippen LogP contribution in [0.2, 0.25) is 0 Å². The highest BCUT2D eigenvalue weighted by molar-refractivity contribution is 7.17. The van der Waals surface area contributed by atoms with Gasteiger partial charge >= 0.3 is 0 Å². The molecular weight excluding hydrogens is 350 g/mol. The average Bonchev–Trinajstić information content (AvgIpc) is 3.26. The first-order chi connectivity index (χ1) is 13.1. The minimum absolute atomic E-state index is 0.348. The molecule has 3 nitrogen and oxygen atoms in total. The highest BCUT2D eigenvalue weighted by Gasteiger charge is 2.30. The number of pyridine rings is 1. The van der Waals surface area contributed by atoms with Crippen LogP contribution in [0.15, 0.2) is 54.2 Å². The van der Waals surface area contributed by atoms with Gasteiger partial charge in [-0.05, 0) is 71.3 Å². The lowest BCUT2D eigenvalue weighted by Crippen LogP contribution is -2.22. The van der Waals surface area contributed by atoms with Crippen LogP contribution in [0.1, 0.15) is 31.5 Å². The largest absolute Gasteiger partial charge is 0.356 e. The van der Waals surface area contributed by atoms with Crippen molar-refractivity contribution in [2.75, 3.05) is 5.32 Å². The Morgan fingerprint density at radius 1 is 1.11 bits per heavy atom. The van der Waals surface area contributed by atoms with Gasteiger partial charge in [-0.1, -0.05) is 19.9 Å². The highest BCUT2D eigenvalue weighted by atomic mass is 32.1. The van der Waals surface area contributed by atoms with Crippen LogP contribution < -0.4 is 5.32 Å². The van der Waals surface area contributed by atoms with Crippen molar-refractivity contribution in [3.05, 3.63) is 65.4 Å². The van der Waals surface area contributed by atoms with Gasteiger partial charge in [0.15, 0.2) is 0 Å². The molecule has 5 rings (SSSR count). The minimum atomic E-state index is 0.348. The molecule has 0 saturated carbocycles. The number of rotatable bonds is 3. The Kier molecular flexibility index (Phi) is 3.83. The SMILES string of the molecule is CC1(C)CCc2c([nH]c(-c3ccncc3)c2Nc2ccc3ccsc3c2)C1. The summed E-state index contributed by atoms with van der Waals surface area (Å²) < 4.78 is 1.32. The Morgan fingerprint density at radius 2 is 1.96 bits per heavy atom. The quantitative estimate of drug-likeness (QED) is 0.427. The molecule has 0 aliphatic heterocycles. The third-order valence-electron chi connectivity index (χ3n) is 5.59. The van der Waals surface area contributed by atoms with E-state index in [-0.39, 0.29) is 0 Å². The van der Waals surface area contributed by atoms with E-state index in [0.29, 0.717) is 5.41 Å². The zero-order valence-corrected chi connectivity index (χ0v) is 16.5. The van der Waals surface area contributed by atoms with Gasteiger partial charge in [-0.15, -0.1) is 11.3 Å². The summed E-state index contributed by atoms with van der Waals surface area (Å²) in [6.45, 7) is 4.72. The molecule has 3 heterocycles. The van der Waals surface area contributed by atoms with E-state index in [1.165, 1.54) is 44.7 Å². The average molecular weight is 374 g/mol. The number of hydrogen-bond donors (Lipinski definition) is 2. The Bertz CT molecular complexity index is 1110. The minimum Gasteiger partial charge on any atom is -0.356 e. The molecule has 0 atom stereocenters. The van der Waals surface area contributed by atoms with Gasteiger partial charge in [-0.2, -0.15) is 0 Å². The molecule has 0 radical (unpaired) electrons. The molecule has 1 aromatic carbocycles. The third-order valence-corrected chi connectivity index (χ3v) is 6.47. The number of fused-ring (bicyclic) bond motifs is 2. The number of aromatic nitrogens is 2. The van der Waals surface area contributed by atoms with Gasteiger partial charge in [0, 0.05) is 34.0 Å². The Hall–Kier alpha value is -2.59. The summed E-state index contributed by atoms with van der Waals surface area (Å²) >= 11 is 1.79. The van der Waals surface area contributed by atoms with Crippen molar-refractivity contribution < 1.29 is 0 Å². The van der Waals surface area contributed by atoms with E-state index in [1.54, 1.807) is 11.3 Å². The van der Waals surface area contributed by atoms with E-state index in [0.717, 1.165) is 18.5 Å². The van der Waals surface area contributed by atoms with E-state index < -0.39 is 0 Å². The van der Waals surface area contributed by atoms with Crippen LogP contribution in [-0.4, -0.2) is 9.97 Å². The van der Waals surface area contributed by atoms with Crippen molar-refractivity contribution in [1.82, 2.24) is 9.97 Å². The van der Waals surface area contributed by atoms with E-state index in [4.69, 9.17) is 0 Å². The first kappa shape index (κ1) is 16.6. The predicted octanol–water partition coefficient (Wildman–Crippen LogP) is 6.55. The molecule has 3 aromatic heterocycles. The lowest BCUT2D eigenvalue weighted by Gasteiger charge is -2.29. The number of H-pyrrole nitrogens is 1. The summed E-state index contributed by atoms with van der Waals surface area (Å²) in [4.78, 5) is 7.92. The number of nitrogens with one attached hydrogen (secondary N) is 2. The summed E-state index contributed by atoms with van der Waals surface area (Å²) in [7, 11) is 0. The van der Waals surface area contributed by atoms with E-state index in [1.807, 2.05) is 12.4 Å². The van der Waals surface area contributed by atoms with Gasteiger partial charge in [-0.25, -0.2) is 0 Å². The summed E-state index contributed by atoms with van der Waals surface area (Å²) in [6, 6.07) is 13.0. The van der Waals surface area contributed by atoms with Crippen LogP contribution in [0.3, 0.4) is 0 Å². The van der Waals surface area contributed by atoms with Crippen LogP contribution in [0.25, 0.3) is 21.3 Å². The van der Waals surface area contributed by atoms with Gasteiger partial charge in [0.25, 0.3) is 0 Å². The normalized spacial score (nSPS) is 15.6. The van der Waals surface area contributed by atoms with Crippen molar-refractivity contribution in [2.45, 2.75) is 33.1 Å². The number of thiophene rings is 1. The molecule has 2 N–H and O–H groups in total. The first-order valence-electron chi connectivity index (χ1n) is 9.47. The Labute approximate surface area is 163 Å². The van der Waals surface area contributed by atoms with Crippen molar-refractivity contribution >= 4 is 32.8 Å². The number of benzene rings is 1. The van der Waals surface area contributed by atoms with Gasteiger partial charge < -0.3 is 10.3 Å². The molecular formula is C23H23N3S. The molecule has 27 heavy (non-hydrogen) atoms. The van der Waals surface area contributed by atoms with E-state index in [9.17, 15) is 0 Å². The highest BCUT2D eigenvalue weighted by Crippen LogP contribution is 2.43. The van der Waals surface area contributed by atoms with Gasteiger partial charge in [0.2, 0.25) is 0 Å².